The molecular weight excluding hydrogens is 356 g/mol. The predicted molar refractivity (Wildman–Crippen MR) is 96.0 cm³/mol. The molecule has 2 rings (SSSR count). The Labute approximate surface area is 152 Å². The summed E-state index contributed by atoms with van der Waals surface area (Å²) >= 11 is 0. The summed E-state index contributed by atoms with van der Waals surface area (Å²) in [6, 6.07) is 8.75. The van der Waals surface area contributed by atoms with Gasteiger partial charge in [-0.15, -0.1) is 0 Å². The lowest BCUT2D eigenvalue weighted by molar-refractivity contribution is 0.0690. The van der Waals surface area contributed by atoms with Crippen molar-refractivity contribution in [1.29, 1.82) is 0 Å². The quantitative estimate of drug-likeness (QED) is 0.859. The lowest BCUT2D eigenvalue weighted by Gasteiger charge is -2.25. The molecule has 26 heavy (non-hydrogen) atoms. The van der Waals surface area contributed by atoms with Crippen LogP contribution in [0.5, 0.6) is 0 Å². The molecule has 0 fully saturated rings. The summed E-state index contributed by atoms with van der Waals surface area (Å²) in [6.07, 6.45) is 1.13. The topological polar surface area (TPSA) is 105 Å². The Kier molecular flexibility index (Phi) is 5.46. The van der Waals surface area contributed by atoms with Crippen molar-refractivity contribution in [3.05, 3.63) is 58.9 Å². The number of sulfone groups is 1. The highest BCUT2D eigenvalue weighted by Gasteiger charge is 2.21. The van der Waals surface area contributed by atoms with Crippen molar-refractivity contribution < 1.29 is 23.1 Å². The summed E-state index contributed by atoms with van der Waals surface area (Å²) in [7, 11) is -1.67. The van der Waals surface area contributed by atoms with E-state index in [0.717, 1.165) is 11.8 Å². The number of carboxylic acid groups (broad SMARTS) is 1. The number of nitrogens with zero attached hydrogens (tertiary/aromatic N) is 2. The number of aryl methyl sites for hydroxylation is 1. The van der Waals surface area contributed by atoms with E-state index in [4.69, 9.17) is 5.11 Å². The molecule has 0 aliphatic rings. The number of aromatic nitrogens is 1. The van der Waals surface area contributed by atoms with Gasteiger partial charge < -0.3 is 10.0 Å². The third-order valence-corrected chi connectivity index (χ3v) is 5.36. The largest absolute Gasteiger partial charge is 0.478 e. The van der Waals surface area contributed by atoms with Crippen LogP contribution in [-0.2, 0) is 9.84 Å². The van der Waals surface area contributed by atoms with E-state index in [9.17, 15) is 18.0 Å². The highest BCUT2D eigenvalue weighted by Crippen LogP contribution is 2.22. The minimum atomic E-state index is -3.28. The summed E-state index contributed by atoms with van der Waals surface area (Å²) in [5.41, 5.74) is 1.23. The lowest BCUT2D eigenvalue weighted by atomic mass is 10.1. The maximum absolute atomic E-state index is 12.6. The van der Waals surface area contributed by atoms with Gasteiger partial charge in [-0.25, -0.2) is 18.2 Å². The minimum absolute atomic E-state index is 0.0496. The Morgan fingerprint density at radius 1 is 1.12 bits per heavy atom. The molecular formula is C18H20N2O5S. The zero-order chi connectivity index (χ0) is 19.6. The van der Waals surface area contributed by atoms with Crippen LogP contribution in [-0.4, -0.2) is 48.6 Å². The molecule has 0 bridgehead atoms. The number of amides is 1. The molecule has 0 radical (unpaired) electrons. The van der Waals surface area contributed by atoms with Crippen LogP contribution in [0.25, 0.3) is 0 Å². The molecule has 2 aromatic rings. The van der Waals surface area contributed by atoms with E-state index in [0.29, 0.717) is 0 Å². The van der Waals surface area contributed by atoms with Gasteiger partial charge in [0.05, 0.1) is 22.2 Å². The number of carbonyl (C=O) groups excluding carboxylic acids is 1. The summed E-state index contributed by atoms with van der Waals surface area (Å²) in [5.74, 6) is -1.45. The average molecular weight is 376 g/mol. The van der Waals surface area contributed by atoms with Crippen molar-refractivity contribution in [3.8, 4) is 0 Å². The second kappa shape index (κ2) is 7.25. The van der Waals surface area contributed by atoms with Gasteiger partial charge in [-0.2, -0.15) is 0 Å². The minimum Gasteiger partial charge on any atom is -0.478 e. The molecule has 0 spiro atoms. The van der Waals surface area contributed by atoms with Crippen molar-refractivity contribution in [2.45, 2.75) is 24.8 Å². The first kappa shape index (κ1) is 19.6. The molecule has 0 saturated carbocycles. The average Bonchev–Trinajstić information content (AvgIpc) is 2.58. The maximum atomic E-state index is 12.6. The SMILES string of the molecule is Cc1nc(C(=O)N(C)C(C)c2ccc(S(C)(=O)=O)cc2)ccc1C(=O)O. The molecule has 1 N–H and O–H groups in total. The molecule has 1 heterocycles. The van der Waals surface area contributed by atoms with Gasteiger partial charge in [0.2, 0.25) is 0 Å². The van der Waals surface area contributed by atoms with Crippen LogP contribution in [0.1, 0.15) is 45.1 Å². The molecule has 7 nitrogen and oxygen atoms in total. The first-order chi connectivity index (χ1) is 12.0. The number of hydrogen-bond acceptors (Lipinski definition) is 5. The molecule has 1 unspecified atom stereocenters. The third kappa shape index (κ3) is 4.08. The highest BCUT2D eigenvalue weighted by atomic mass is 32.2. The molecule has 8 heteroatoms. The number of pyridine rings is 1. The Morgan fingerprint density at radius 3 is 2.15 bits per heavy atom. The Hall–Kier alpha value is -2.74. The van der Waals surface area contributed by atoms with E-state index in [1.54, 1.807) is 19.2 Å². The van der Waals surface area contributed by atoms with Gasteiger partial charge in [0, 0.05) is 13.3 Å². The van der Waals surface area contributed by atoms with Crippen LogP contribution < -0.4 is 0 Å². The summed E-state index contributed by atoms with van der Waals surface area (Å²) < 4.78 is 23.1. The lowest BCUT2D eigenvalue weighted by Crippen LogP contribution is -2.30. The maximum Gasteiger partial charge on any atom is 0.337 e. The first-order valence-corrected chi connectivity index (χ1v) is 9.69. The summed E-state index contributed by atoms with van der Waals surface area (Å²) in [6.45, 7) is 3.35. The smallest absolute Gasteiger partial charge is 0.337 e. The Balaban J connectivity index is 2.24. The molecule has 0 aliphatic carbocycles. The fourth-order valence-corrected chi connectivity index (χ4v) is 3.11. The highest BCUT2D eigenvalue weighted by molar-refractivity contribution is 7.90. The van der Waals surface area contributed by atoms with Gasteiger partial charge >= 0.3 is 5.97 Å². The molecule has 0 saturated heterocycles. The zero-order valence-corrected chi connectivity index (χ0v) is 15.7. The number of hydrogen-bond donors (Lipinski definition) is 1. The standard InChI is InChI=1S/C18H20N2O5S/c1-11-15(18(22)23)9-10-16(19-11)17(21)20(3)12(2)13-5-7-14(8-6-13)26(4,24)25/h5-10,12H,1-4H3,(H,22,23). The fraction of sp³-hybridized carbons (Fsp3) is 0.278. The van der Waals surface area contributed by atoms with Gasteiger partial charge in [0.15, 0.2) is 9.84 Å². The third-order valence-electron chi connectivity index (χ3n) is 4.23. The van der Waals surface area contributed by atoms with Gasteiger partial charge in [-0.1, -0.05) is 12.1 Å². The zero-order valence-electron chi connectivity index (χ0n) is 14.9. The second-order valence-electron chi connectivity index (χ2n) is 6.07. The molecule has 1 aromatic heterocycles. The van der Waals surface area contributed by atoms with Gasteiger partial charge in [0.25, 0.3) is 5.91 Å². The first-order valence-electron chi connectivity index (χ1n) is 7.80. The van der Waals surface area contributed by atoms with Crippen LogP contribution >= 0.6 is 0 Å². The van der Waals surface area contributed by atoms with Crippen LogP contribution in [0.2, 0.25) is 0 Å². The van der Waals surface area contributed by atoms with E-state index < -0.39 is 15.8 Å². The van der Waals surface area contributed by atoms with Crippen molar-refractivity contribution >= 4 is 21.7 Å². The Bertz CT molecular complexity index is 952. The predicted octanol–water partition coefficient (Wildman–Crippen LogP) is 2.32. The van der Waals surface area contributed by atoms with Crippen LogP contribution in [0.4, 0.5) is 0 Å². The van der Waals surface area contributed by atoms with Gasteiger partial charge in [0.1, 0.15) is 5.69 Å². The number of carboxylic acids is 1. The molecule has 1 aromatic carbocycles. The van der Waals surface area contributed by atoms with E-state index in [1.807, 2.05) is 6.92 Å². The second-order valence-corrected chi connectivity index (χ2v) is 8.08. The number of benzene rings is 1. The fourth-order valence-electron chi connectivity index (χ4n) is 2.48. The van der Waals surface area contributed by atoms with Gasteiger partial charge in [-0.05, 0) is 43.7 Å². The van der Waals surface area contributed by atoms with Crippen molar-refractivity contribution in [1.82, 2.24) is 9.88 Å². The summed E-state index contributed by atoms with van der Waals surface area (Å²) in [5, 5.41) is 9.04. The van der Waals surface area contributed by atoms with Crippen molar-refractivity contribution in [3.63, 3.8) is 0 Å². The summed E-state index contributed by atoms with van der Waals surface area (Å²) in [4.78, 5) is 29.5. The monoisotopic (exact) mass is 376 g/mol. The van der Waals surface area contributed by atoms with Crippen molar-refractivity contribution in [2.24, 2.45) is 0 Å². The van der Waals surface area contributed by atoms with Crippen LogP contribution in [0.3, 0.4) is 0 Å². The molecule has 138 valence electrons. The van der Waals surface area contributed by atoms with Crippen molar-refractivity contribution in [2.75, 3.05) is 13.3 Å². The van der Waals surface area contributed by atoms with Crippen LogP contribution in [0, 0.1) is 6.92 Å². The van der Waals surface area contributed by atoms with E-state index >= 15 is 0 Å². The van der Waals surface area contributed by atoms with Crippen LogP contribution in [0.15, 0.2) is 41.3 Å². The normalized spacial score (nSPS) is 12.5. The molecule has 0 aliphatic heterocycles. The molecule has 1 atom stereocenters. The van der Waals surface area contributed by atoms with E-state index in [-0.39, 0.29) is 33.8 Å². The number of rotatable bonds is 5. The number of carbonyl (C=O) groups is 2. The van der Waals surface area contributed by atoms with Gasteiger partial charge in [-0.3, -0.25) is 4.79 Å². The van der Waals surface area contributed by atoms with E-state index in [2.05, 4.69) is 4.98 Å². The Morgan fingerprint density at radius 2 is 1.69 bits per heavy atom. The van der Waals surface area contributed by atoms with E-state index in [1.165, 1.54) is 36.1 Å². The number of aromatic carboxylic acids is 1. The molecule has 1 amide bonds.